The maximum absolute atomic E-state index is 15.7. The Morgan fingerprint density at radius 3 is 2.44 bits per heavy atom. The standard InChI is InChI=1S/C27H32FNO3/c28-26-16-21(29-11-7-18(17-30)8-12-29)2-5-25(26)27-23(19-9-13-32-14-10-19)4-1-20-15-22(31)3-6-24(20)27/h2-3,5-6,15-19,23,27,31H,1,4,7-14H2/t23-,27+/m0/s1. The number of carbonyl (C=O) groups is 1. The summed E-state index contributed by atoms with van der Waals surface area (Å²) in [5, 5.41) is 10.0. The molecule has 0 amide bonds. The zero-order valence-corrected chi connectivity index (χ0v) is 18.5. The fraction of sp³-hybridized carbons (Fsp3) is 0.519. The van der Waals surface area contributed by atoms with E-state index in [-0.39, 0.29) is 23.4 Å². The van der Waals surface area contributed by atoms with Gasteiger partial charge in [-0.15, -0.1) is 0 Å². The van der Waals surface area contributed by atoms with Crippen LogP contribution in [0.25, 0.3) is 0 Å². The smallest absolute Gasteiger partial charge is 0.129 e. The van der Waals surface area contributed by atoms with E-state index < -0.39 is 0 Å². The zero-order valence-electron chi connectivity index (χ0n) is 18.5. The van der Waals surface area contributed by atoms with E-state index >= 15 is 4.39 Å². The molecule has 1 N–H and O–H groups in total. The van der Waals surface area contributed by atoms with Crippen LogP contribution >= 0.6 is 0 Å². The van der Waals surface area contributed by atoms with Crippen LogP contribution in [-0.2, 0) is 16.0 Å². The molecule has 2 atom stereocenters. The molecule has 0 unspecified atom stereocenters. The van der Waals surface area contributed by atoms with Crippen LogP contribution in [0.3, 0.4) is 0 Å². The minimum Gasteiger partial charge on any atom is -0.508 e. The third kappa shape index (κ3) is 4.15. The number of phenols is 1. The third-order valence-electron chi connectivity index (χ3n) is 7.92. The number of carbonyl (C=O) groups excluding carboxylic acids is 1. The van der Waals surface area contributed by atoms with Gasteiger partial charge < -0.3 is 19.5 Å². The van der Waals surface area contributed by atoms with E-state index in [0.29, 0.717) is 11.8 Å². The Labute approximate surface area is 189 Å². The molecule has 0 radical (unpaired) electrons. The van der Waals surface area contributed by atoms with Gasteiger partial charge in [0.25, 0.3) is 0 Å². The second-order valence-electron chi connectivity index (χ2n) is 9.68. The van der Waals surface area contributed by atoms with E-state index in [1.165, 1.54) is 0 Å². The van der Waals surface area contributed by atoms with Crippen LogP contribution in [0.5, 0.6) is 5.75 Å². The molecule has 0 aromatic heterocycles. The van der Waals surface area contributed by atoms with Gasteiger partial charge in [0.15, 0.2) is 0 Å². The van der Waals surface area contributed by atoms with Gasteiger partial charge in [-0.3, -0.25) is 0 Å². The molecule has 2 aromatic carbocycles. The van der Waals surface area contributed by atoms with Crippen LogP contribution in [0.1, 0.15) is 54.7 Å². The van der Waals surface area contributed by atoms with Crippen molar-refractivity contribution in [2.24, 2.45) is 17.8 Å². The Balaban J connectivity index is 1.48. The Kier molecular flexibility index (Phi) is 6.18. The number of fused-ring (bicyclic) bond motifs is 1. The number of piperidine rings is 1. The first-order chi connectivity index (χ1) is 15.6. The monoisotopic (exact) mass is 437 g/mol. The molecule has 3 aliphatic rings. The van der Waals surface area contributed by atoms with E-state index in [4.69, 9.17) is 4.74 Å². The molecule has 0 spiro atoms. The minimum absolute atomic E-state index is 0.00250. The highest BCUT2D eigenvalue weighted by Gasteiger charge is 2.38. The van der Waals surface area contributed by atoms with Gasteiger partial charge in [-0.25, -0.2) is 4.39 Å². The molecule has 0 saturated carbocycles. The number of phenolic OH excluding ortho intramolecular Hbond substituents is 1. The van der Waals surface area contributed by atoms with Gasteiger partial charge in [-0.1, -0.05) is 12.1 Å². The van der Waals surface area contributed by atoms with Crippen molar-refractivity contribution in [1.82, 2.24) is 0 Å². The van der Waals surface area contributed by atoms with E-state index in [9.17, 15) is 9.90 Å². The van der Waals surface area contributed by atoms with Crippen molar-refractivity contribution < 1.29 is 19.0 Å². The number of aryl methyl sites for hydroxylation is 1. The molecule has 4 nitrogen and oxygen atoms in total. The molecule has 1 aliphatic carbocycles. The van der Waals surface area contributed by atoms with Crippen LogP contribution in [0.2, 0.25) is 0 Å². The van der Waals surface area contributed by atoms with Crippen molar-refractivity contribution in [1.29, 1.82) is 0 Å². The molecule has 2 aliphatic heterocycles. The predicted molar refractivity (Wildman–Crippen MR) is 123 cm³/mol. The Morgan fingerprint density at radius 1 is 0.969 bits per heavy atom. The van der Waals surface area contributed by atoms with E-state index in [0.717, 1.165) is 93.5 Å². The van der Waals surface area contributed by atoms with Crippen LogP contribution in [0.4, 0.5) is 10.1 Å². The van der Waals surface area contributed by atoms with E-state index in [1.54, 1.807) is 12.1 Å². The number of rotatable bonds is 4. The number of nitrogens with zero attached hydrogens (tertiary/aromatic N) is 1. The number of halogens is 1. The maximum Gasteiger partial charge on any atom is 0.129 e. The van der Waals surface area contributed by atoms with Crippen molar-refractivity contribution in [3.63, 3.8) is 0 Å². The first-order valence-electron chi connectivity index (χ1n) is 12.0. The topological polar surface area (TPSA) is 49.8 Å². The lowest BCUT2D eigenvalue weighted by Crippen LogP contribution is -2.34. The summed E-state index contributed by atoms with van der Waals surface area (Å²) in [6.45, 7) is 3.15. The fourth-order valence-corrected chi connectivity index (χ4v) is 6.14. The van der Waals surface area contributed by atoms with Gasteiger partial charge in [0.1, 0.15) is 17.9 Å². The summed E-state index contributed by atoms with van der Waals surface area (Å²) < 4.78 is 21.3. The fourth-order valence-electron chi connectivity index (χ4n) is 6.14. The van der Waals surface area contributed by atoms with Gasteiger partial charge in [0.05, 0.1) is 0 Å². The molecule has 2 aromatic rings. The Bertz CT molecular complexity index is 963. The second-order valence-corrected chi connectivity index (χ2v) is 9.68. The number of hydrogen-bond acceptors (Lipinski definition) is 4. The van der Waals surface area contributed by atoms with Gasteiger partial charge in [-0.05, 0) is 91.3 Å². The lowest BCUT2D eigenvalue weighted by Gasteiger charge is -2.41. The van der Waals surface area contributed by atoms with Crippen molar-refractivity contribution in [2.75, 3.05) is 31.2 Å². The quantitative estimate of drug-likeness (QED) is 0.679. The third-order valence-corrected chi connectivity index (χ3v) is 7.92. The van der Waals surface area contributed by atoms with Gasteiger partial charge in [0, 0.05) is 43.8 Å². The number of benzene rings is 2. The van der Waals surface area contributed by atoms with Gasteiger partial charge in [-0.2, -0.15) is 0 Å². The summed E-state index contributed by atoms with van der Waals surface area (Å²) in [6.07, 6.45) is 6.70. The molecule has 2 saturated heterocycles. The molecule has 5 rings (SSSR count). The first kappa shape index (κ1) is 21.4. The molecule has 5 heteroatoms. The van der Waals surface area contributed by atoms with Crippen molar-refractivity contribution in [3.8, 4) is 5.75 Å². The highest BCUT2D eigenvalue weighted by Crippen LogP contribution is 2.48. The van der Waals surface area contributed by atoms with Gasteiger partial charge in [0.2, 0.25) is 0 Å². The largest absolute Gasteiger partial charge is 0.508 e. The predicted octanol–water partition coefficient (Wildman–Crippen LogP) is 5.07. The molecular formula is C27H32FNO3. The van der Waals surface area contributed by atoms with Crippen molar-refractivity contribution in [2.45, 2.75) is 44.4 Å². The summed E-state index contributed by atoms with van der Waals surface area (Å²) in [5.74, 6) is 1.16. The number of anilines is 1. The van der Waals surface area contributed by atoms with E-state index in [2.05, 4.69) is 11.0 Å². The zero-order chi connectivity index (χ0) is 22.1. The molecule has 0 bridgehead atoms. The highest BCUT2D eigenvalue weighted by molar-refractivity contribution is 5.56. The average molecular weight is 438 g/mol. The van der Waals surface area contributed by atoms with E-state index in [1.807, 2.05) is 18.2 Å². The average Bonchev–Trinajstić information content (AvgIpc) is 2.84. The first-order valence-corrected chi connectivity index (χ1v) is 12.0. The van der Waals surface area contributed by atoms with Gasteiger partial charge >= 0.3 is 0 Å². The summed E-state index contributed by atoms with van der Waals surface area (Å²) in [5.41, 5.74) is 3.96. The number of ether oxygens (including phenoxy) is 1. The van der Waals surface area contributed by atoms with Crippen LogP contribution in [0, 0.1) is 23.6 Å². The molecule has 2 fully saturated rings. The van der Waals surface area contributed by atoms with Crippen LogP contribution < -0.4 is 4.90 Å². The Hall–Kier alpha value is -2.40. The van der Waals surface area contributed by atoms with Crippen LogP contribution in [-0.4, -0.2) is 37.7 Å². The minimum atomic E-state index is -0.150. The number of aldehydes is 1. The lowest BCUT2D eigenvalue weighted by atomic mass is 9.65. The number of aromatic hydroxyl groups is 1. The Morgan fingerprint density at radius 2 is 1.72 bits per heavy atom. The summed E-state index contributed by atoms with van der Waals surface area (Å²) in [7, 11) is 0. The SMILES string of the molecule is O=CC1CCN(c2ccc([C@H]3c4ccc(O)cc4CC[C@H]3C3CCOCC3)c(F)c2)CC1. The molecular weight excluding hydrogens is 405 g/mol. The summed E-state index contributed by atoms with van der Waals surface area (Å²) in [4.78, 5) is 13.2. The number of hydrogen-bond donors (Lipinski definition) is 1. The second kappa shape index (κ2) is 9.22. The highest BCUT2D eigenvalue weighted by atomic mass is 19.1. The lowest BCUT2D eigenvalue weighted by molar-refractivity contribution is -0.111. The normalized spacial score (nSPS) is 24.8. The summed E-state index contributed by atoms with van der Waals surface area (Å²) in [6, 6.07) is 11.3. The van der Waals surface area contributed by atoms with Crippen LogP contribution in [0.15, 0.2) is 36.4 Å². The van der Waals surface area contributed by atoms with Crippen molar-refractivity contribution in [3.05, 3.63) is 58.9 Å². The molecule has 170 valence electrons. The maximum atomic E-state index is 15.7. The molecule has 2 heterocycles. The molecule has 32 heavy (non-hydrogen) atoms. The summed E-state index contributed by atoms with van der Waals surface area (Å²) >= 11 is 0. The van der Waals surface area contributed by atoms with Crippen molar-refractivity contribution >= 4 is 12.0 Å².